The van der Waals surface area contributed by atoms with Crippen molar-refractivity contribution in [3.63, 3.8) is 0 Å². The van der Waals surface area contributed by atoms with Gasteiger partial charge in [0.05, 0.1) is 18.5 Å². The number of rotatable bonds is 1. The lowest BCUT2D eigenvalue weighted by atomic mass is 10.2. The third-order valence-electron chi connectivity index (χ3n) is 2.29. The Morgan fingerprint density at radius 2 is 2.07 bits per heavy atom. The van der Waals surface area contributed by atoms with Crippen LogP contribution in [0.1, 0.15) is 6.92 Å². The van der Waals surface area contributed by atoms with Crippen LogP contribution in [0.15, 0.2) is 24.3 Å². The lowest BCUT2D eigenvalue weighted by Gasteiger charge is -2.32. The molecule has 0 saturated carbocycles. The SMILES string of the molecule is C[C@H]1CN(S(C)(=O)=O)c2ccccc2O1. The van der Waals surface area contributed by atoms with Crippen LogP contribution >= 0.6 is 0 Å². The van der Waals surface area contributed by atoms with Crippen LogP contribution in [0.2, 0.25) is 0 Å². The zero-order chi connectivity index (χ0) is 11.1. The second-order valence-electron chi connectivity index (χ2n) is 3.69. The highest BCUT2D eigenvalue weighted by Gasteiger charge is 2.28. The summed E-state index contributed by atoms with van der Waals surface area (Å²) in [4.78, 5) is 0. The number of fused-ring (bicyclic) bond motifs is 1. The molecule has 1 heterocycles. The van der Waals surface area contributed by atoms with Gasteiger partial charge in [0.2, 0.25) is 10.0 Å². The molecule has 0 spiro atoms. The smallest absolute Gasteiger partial charge is 0.232 e. The summed E-state index contributed by atoms with van der Waals surface area (Å²) in [5, 5.41) is 0. The lowest BCUT2D eigenvalue weighted by Crippen LogP contribution is -2.41. The van der Waals surface area contributed by atoms with Gasteiger partial charge in [-0.05, 0) is 19.1 Å². The highest BCUT2D eigenvalue weighted by molar-refractivity contribution is 7.92. The van der Waals surface area contributed by atoms with Crippen LogP contribution in [0.5, 0.6) is 5.75 Å². The fraction of sp³-hybridized carbons (Fsp3) is 0.400. The largest absolute Gasteiger partial charge is 0.487 e. The van der Waals surface area contributed by atoms with Gasteiger partial charge in [-0.2, -0.15) is 0 Å². The molecule has 2 rings (SSSR count). The Hall–Kier alpha value is -1.23. The molecule has 0 radical (unpaired) electrons. The molecular weight excluding hydrogens is 214 g/mol. The number of hydrogen-bond donors (Lipinski definition) is 0. The summed E-state index contributed by atoms with van der Waals surface area (Å²) in [5.41, 5.74) is 0.623. The van der Waals surface area contributed by atoms with Gasteiger partial charge in [0.15, 0.2) is 0 Å². The maximum Gasteiger partial charge on any atom is 0.232 e. The standard InChI is InChI=1S/C10H13NO3S/c1-8-7-11(15(2,12)13)9-5-3-4-6-10(9)14-8/h3-6,8H,7H2,1-2H3/t8-/m0/s1. The van der Waals surface area contributed by atoms with Crippen molar-refractivity contribution in [2.45, 2.75) is 13.0 Å². The zero-order valence-electron chi connectivity index (χ0n) is 8.67. The summed E-state index contributed by atoms with van der Waals surface area (Å²) in [6, 6.07) is 7.17. The summed E-state index contributed by atoms with van der Waals surface area (Å²) < 4.78 is 30.1. The van der Waals surface area contributed by atoms with Crippen molar-refractivity contribution in [1.29, 1.82) is 0 Å². The van der Waals surface area contributed by atoms with Crippen molar-refractivity contribution in [2.24, 2.45) is 0 Å². The van der Waals surface area contributed by atoms with E-state index in [9.17, 15) is 8.42 Å². The van der Waals surface area contributed by atoms with Crippen LogP contribution in [0.4, 0.5) is 5.69 Å². The Kier molecular flexibility index (Phi) is 2.34. The first-order valence-corrected chi connectivity index (χ1v) is 6.57. The van der Waals surface area contributed by atoms with Crippen molar-refractivity contribution >= 4 is 15.7 Å². The molecule has 0 N–H and O–H groups in total. The summed E-state index contributed by atoms with van der Waals surface area (Å²) in [6.45, 7) is 2.23. The predicted molar refractivity (Wildman–Crippen MR) is 58.7 cm³/mol. The fourth-order valence-corrected chi connectivity index (χ4v) is 2.65. The monoisotopic (exact) mass is 227 g/mol. The van der Waals surface area contributed by atoms with Gasteiger partial charge < -0.3 is 4.74 Å². The van der Waals surface area contributed by atoms with Gasteiger partial charge in [-0.3, -0.25) is 4.31 Å². The second-order valence-corrected chi connectivity index (χ2v) is 5.60. The molecule has 0 aromatic heterocycles. The van der Waals surface area contributed by atoms with Crippen LogP contribution in [0.25, 0.3) is 0 Å². The highest BCUT2D eigenvalue weighted by atomic mass is 32.2. The van der Waals surface area contributed by atoms with E-state index in [0.29, 0.717) is 18.0 Å². The minimum Gasteiger partial charge on any atom is -0.487 e. The zero-order valence-corrected chi connectivity index (χ0v) is 9.49. The molecule has 0 unspecified atom stereocenters. The Morgan fingerprint density at radius 1 is 1.40 bits per heavy atom. The molecule has 1 aliphatic heterocycles. The molecule has 0 bridgehead atoms. The Morgan fingerprint density at radius 3 is 2.73 bits per heavy atom. The van der Waals surface area contributed by atoms with E-state index in [1.54, 1.807) is 18.2 Å². The number of sulfonamides is 1. The highest BCUT2D eigenvalue weighted by Crippen LogP contribution is 2.34. The molecule has 82 valence electrons. The van der Waals surface area contributed by atoms with Crippen LogP contribution in [-0.4, -0.2) is 27.3 Å². The number of hydrogen-bond acceptors (Lipinski definition) is 3. The van der Waals surface area contributed by atoms with E-state index in [1.165, 1.54) is 10.6 Å². The normalized spacial score (nSPS) is 20.7. The van der Waals surface area contributed by atoms with Gasteiger partial charge in [0.1, 0.15) is 11.9 Å². The van der Waals surface area contributed by atoms with E-state index >= 15 is 0 Å². The van der Waals surface area contributed by atoms with Gasteiger partial charge in [0.25, 0.3) is 0 Å². The molecule has 1 aromatic carbocycles. The molecule has 0 amide bonds. The van der Waals surface area contributed by atoms with Crippen molar-refractivity contribution in [2.75, 3.05) is 17.1 Å². The second kappa shape index (κ2) is 3.41. The Balaban J connectivity index is 2.52. The lowest BCUT2D eigenvalue weighted by molar-refractivity contribution is 0.219. The van der Waals surface area contributed by atoms with Crippen LogP contribution in [-0.2, 0) is 10.0 Å². The molecule has 1 atom stereocenters. The minimum absolute atomic E-state index is 0.116. The van der Waals surface area contributed by atoms with Gasteiger partial charge in [-0.15, -0.1) is 0 Å². The molecule has 4 nitrogen and oxygen atoms in total. The van der Waals surface area contributed by atoms with Crippen molar-refractivity contribution < 1.29 is 13.2 Å². The van der Waals surface area contributed by atoms with Crippen LogP contribution < -0.4 is 9.04 Å². The quantitative estimate of drug-likeness (QED) is 0.725. The number of anilines is 1. The predicted octanol–water partition coefficient (Wildman–Crippen LogP) is 1.23. The maximum absolute atomic E-state index is 11.6. The first-order chi connectivity index (χ1) is 6.98. The summed E-state index contributed by atoms with van der Waals surface area (Å²) >= 11 is 0. The average Bonchev–Trinajstić information content (AvgIpc) is 2.15. The molecule has 0 fully saturated rings. The fourth-order valence-electron chi connectivity index (χ4n) is 1.66. The topological polar surface area (TPSA) is 46.6 Å². The first kappa shape index (κ1) is 10.3. The van der Waals surface area contributed by atoms with E-state index in [1.807, 2.05) is 13.0 Å². The van der Waals surface area contributed by atoms with Crippen LogP contribution in [0.3, 0.4) is 0 Å². The average molecular weight is 227 g/mol. The van der Waals surface area contributed by atoms with Gasteiger partial charge >= 0.3 is 0 Å². The Bertz CT molecular complexity index is 469. The van der Waals surface area contributed by atoms with E-state index in [4.69, 9.17) is 4.74 Å². The van der Waals surface area contributed by atoms with Crippen LogP contribution in [0, 0.1) is 0 Å². The maximum atomic E-state index is 11.6. The summed E-state index contributed by atoms with van der Waals surface area (Å²) in [5.74, 6) is 0.627. The molecular formula is C10H13NO3S. The van der Waals surface area contributed by atoms with Gasteiger partial charge in [-0.25, -0.2) is 8.42 Å². The molecule has 1 aliphatic rings. The number of ether oxygens (including phenoxy) is 1. The van der Waals surface area contributed by atoms with E-state index in [2.05, 4.69) is 0 Å². The number of para-hydroxylation sites is 2. The Labute approximate surface area is 89.5 Å². The van der Waals surface area contributed by atoms with Gasteiger partial charge in [0, 0.05) is 0 Å². The summed E-state index contributed by atoms with van der Waals surface area (Å²) in [6.07, 6.45) is 1.09. The molecule has 0 aliphatic carbocycles. The number of nitrogens with zero attached hydrogens (tertiary/aromatic N) is 1. The van der Waals surface area contributed by atoms with Crippen molar-refractivity contribution in [3.05, 3.63) is 24.3 Å². The third-order valence-corrected chi connectivity index (χ3v) is 3.43. The molecule has 5 heteroatoms. The third kappa shape index (κ3) is 1.92. The molecule has 1 aromatic rings. The number of benzene rings is 1. The van der Waals surface area contributed by atoms with E-state index in [-0.39, 0.29) is 6.10 Å². The van der Waals surface area contributed by atoms with E-state index < -0.39 is 10.0 Å². The van der Waals surface area contributed by atoms with E-state index in [0.717, 1.165) is 0 Å². The molecule has 0 saturated heterocycles. The van der Waals surface area contributed by atoms with Crippen molar-refractivity contribution in [1.82, 2.24) is 0 Å². The first-order valence-electron chi connectivity index (χ1n) is 4.72. The van der Waals surface area contributed by atoms with Gasteiger partial charge in [-0.1, -0.05) is 12.1 Å². The summed E-state index contributed by atoms with van der Waals surface area (Å²) in [7, 11) is -3.22. The van der Waals surface area contributed by atoms with Crippen molar-refractivity contribution in [3.8, 4) is 5.75 Å². The minimum atomic E-state index is -3.22. The molecule has 15 heavy (non-hydrogen) atoms.